The predicted octanol–water partition coefficient (Wildman–Crippen LogP) is 2.24. The summed E-state index contributed by atoms with van der Waals surface area (Å²) in [6, 6.07) is 1.87. The molecule has 0 bridgehead atoms. The van der Waals surface area contributed by atoms with Gasteiger partial charge in [-0.25, -0.2) is 0 Å². The predicted molar refractivity (Wildman–Crippen MR) is 67.8 cm³/mol. The zero-order valence-corrected chi connectivity index (χ0v) is 10.4. The van der Waals surface area contributed by atoms with Crippen LogP contribution in [0.25, 0.3) is 0 Å². The summed E-state index contributed by atoms with van der Waals surface area (Å²) in [6.07, 6.45) is 4.97. The Hall–Kier alpha value is -1.53. The van der Waals surface area contributed by atoms with Gasteiger partial charge in [-0.2, -0.15) is 0 Å². The third-order valence-electron chi connectivity index (χ3n) is 2.41. The van der Waals surface area contributed by atoms with Crippen LogP contribution in [-0.4, -0.2) is 23.3 Å². The van der Waals surface area contributed by atoms with Crippen LogP contribution < -0.4 is 4.74 Å². The molecule has 0 saturated carbocycles. The summed E-state index contributed by atoms with van der Waals surface area (Å²) >= 11 is 0. The number of rotatable bonds is 5. The molecule has 92 valence electrons. The zero-order chi connectivity index (χ0) is 12.5. The van der Waals surface area contributed by atoms with Gasteiger partial charge in [-0.3, -0.25) is 4.98 Å². The van der Waals surface area contributed by atoms with E-state index in [0.717, 1.165) is 17.7 Å². The normalized spacial score (nSPS) is 11.5. The van der Waals surface area contributed by atoms with Crippen LogP contribution in [0.2, 0.25) is 0 Å². The molecule has 0 spiro atoms. The molecule has 1 heterocycles. The van der Waals surface area contributed by atoms with Crippen LogP contribution in [0.4, 0.5) is 0 Å². The minimum absolute atomic E-state index is 0.0879. The average Bonchev–Trinajstić information content (AvgIpc) is 2.37. The Kier molecular flexibility index (Phi) is 6.13. The molecular weight excluding hydrogens is 214 g/mol. The van der Waals surface area contributed by atoms with Gasteiger partial charge in [0.05, 0.1) is 19.4 Å². The molecule has 0 radical (unpaired) electrons. The third kappa shape index (κ3) is 5.37. The van der Waals surface area contributed by atoms with Crippen molar-refractivity contribution >= 4 is 0 Å². The summed E-state index contributed by atoms with van der Waals surface area (Å²) in [5.41, 5.74) is 0.820. The quantitative estimate of drug-likeness (QED) is 0.793. The molecule has 1 aromatic rings. The fourth-order valence-electron chi connectivity index (χ4n) is 1.14. The van der Waals surface area contributed by atoms with Gasteiger partial charge < -0.3 is 9.84 Å². The van der Waals surface area contributed by atoms with Crippen LogP contribution in [0.15, 0.2) is 18.5 Å². The van der Waals surface area contributed by atoms with Crippen LogP contribution in [0.1, 0.15) is 32.3 Å². The highest BCUT2D eigenvalue weighted by Crippen LogP contribution is 2.12. The fourth-order valence-corrected chi connectivity index (χ4v) is 1.14. The number of pyridine rings is 1. The Morgan fingerprint density at radius 3 is 3.00 bits per heavy atom. The van der Waals surface area contributed by atoms with Crippen LogP contribution in [0.3, 0.4) is 0 Å². The van der Waals surface area contributed by atoms with E-state index >= 15 is 0 Å². The summed E-state index contributed by atoms with van der Waals surface area (Å²) in [4.78, 5) is 4.08. The van der Waals surface area contributed by atoms with Gasteiger partial charge in [0, 0.05) is 18.2 Å². The van der Waals surface area contributed by atoms with E-state index in [9.17, 15) is 0 Å². The number of aliphatic hydroxyl groups excluding tert-OH is 1. The molecule has 3 nitrogen and oxygen atoms in total. The van der Waals surface area contributed by atoms with Crippen molar-refractivity contribution in [1.29, 1.82) is 0 Å². The van der Waals surface area contributed by atoms with Gasteiger partial charge in [0.1, 0.15) is 5.75 Å². The van der Waals surface area contributed by atoms with Gasteiger partial charge in [-0.05, 0) is 12.0 Å². The SMILES string of the molecule is CCC(C)COc1cncc(C#CCCO)c1. The molecular formula is C14H19NO2. The Bertz CT molecular complexity index is 393. The van der Waals surface area contributed by atoms with Crippen LogP contribution in [-0.2, 0) is 0 Å². The summed E-state index contributed by atoms with van der Waals surface area (Å²) in [5, 5.41) is 8.63. The Labute approximate surface area is 103 Å². The first kappa shape index (κ1) is 13.5. The van der Waals surface area contributed by atoms with Crippen molar-refractivity contribution in [3.05, 3.63) is 24.0 Å². The van der Waals surface area contributed by atoms with Crippen LogP contribution in [0.5, 0.6) is 5.75 Å². The molecule has 1 atom stereocenters. The minimum atomic E-state index is 0.0879. The van der Waals surface area contributed by atoms with Crippen LogP contribution in [0, 0.1) is 17.8 Å². The molecule has 3 heteroatoms. The first-order chi connectivity index (χ1) is 8.26. The smallest absolute Gasteiger partial charge is 0.138 e. The second-order valence-electron chi connectivity index (χ2n) is 4.01. The standard InChI is InChI=1S/C14H19NO2/c1-3-12(2)11-17-14-8-13(9-15-10-14)6-4-5-7-16/h8-10,12,16H,3,5,7,11H2,1-2H3. The number of nitrogens with zero attached hydrogens (tertiary/aromatic N) is 1. The number of hydrogen-bond donors (Lipinski definition) is 1. The molecule has 1 rings (SSSR count). The lowest BCUT2D eigenvalue weighted by atomic mass is 10.1. The lowest BCUT2D eigenvalue weighted by molar-refractivity contribution is 0.255. The molecule has 0 aromatic carbocycles. The van der Waals surface area contributed by atoms with Gasteiger partial charge in [-0.15, -0.1) is 0 Å². The Morgan fingerprint density at radius 1 is 1.47 bits per heavy atom. The van der Waals surface area contributed by atoms with Gasteiger partial charge >= 0.3 is 0 Å². The number of hydrogen-bond acceptors (Lipinski definition) is 3. The number of aromatic nitrogens is 1. The highest BCUT2D eigenvalue weighted by molar-refractivity contribution is 5.36. The highest BCUT2D eigenvalue weighted by Gasteiger charge is 2.01. The second-order valence-corrected chi connectivity index (χ2v) is 4.01. The average molecular weight is 233 g/mol. The van der Waals surface area contributed by atoms with E-state index in [-0.39, 0.29) is 6.61 Å². The minimum Gasteiger partial charge on any atom is -0.492 e. The first-order valence-corrected chi connectivity index (χ1v) is 5.93. The Morgan fingerprint density at radius 2 is 2.29 bits per heavy atom. The monoisotopic (exact) mass is 233 g/mol. The number of ether oxygens (including phenoxy) is 1. The third-order valence-corrected chi connectivity index (χ3v) is 2.41. The molecule has 1 aromatic heterocycles. The van der Waals surface area contributed by atoms with Gasteiger partial charge in [-0.1, -0.05) is 32.1 Å². The summed E-state index contributed by atoms with van der Waals surface area (Å²) < 4.78 is 5.63. The molecule has 17 heavy (non-hydrogen) atoms. The Balaban J connectivity index is 2.57. The maximum absolute atomic E-state index is 8.63. The molecule has 0 saturated heterocycles. The summed E-state index contributed by atoms with van der Waals surface area (Å²) in [7, 11) is 0. The summed E-state index contributed by atoms with van der Waals surface area (Å²) in [5.74, 6) is 7.09. The molecule has 0 aliphatic carbocycles. The fraction of sp³-hybridized carbons (Fsp3) is 0.500. The summed E-state index contributed by atoms with van der Waals surface area (Å²) in [6.45, 7) is 5.08. The van der Waals surface area contributed by atoms with Crippen LogP contribution >= 0.6 is 0 Å². The lowest BCUT2D eigenvalue weighted by Gasteiger charge is -2.10. The molecule has 0 aliphatic rings. The van der Waals surface area contributed by atoms with Crippen molar-refractivity contribution in [1.82, 2.24) is 4.98 Å². The van der Waals surface area contributed by atoms with E-state index < -0.39 is 0 Å². The molecule has 0 amide bonds. The first-order valence-electron chi connectivity index (χ1n) is 5.93. The van der Waals surface area contributed by atoms with E-state index in [2.05, 4.69) is 30.7 Å². The molecule has 0 fully saturated rings. The van der Waals surface area contributed by atoms with Crippen molar-refractivity contribution in [2.45, 2.75) is 26.7 Å². The lowest BCUT2D eigenvalue weighted by Crippen LogP contribution is -2.07. The number of aliphatic hydroxyl groups is 1. The van der Waals surface area contributed by atoms with E-state index in [0.29, 0.717) is 18.9 Å². The molecule has 1 N–H and O–H groups in total. The van der Waals surface area contributed by atoms with Gasteiger partial charge in [0.15, 0.2) is 0 Å². The zero-order valence-electron chi connectivity index (χ0n) is 10.4. The van der Waals surface area contributed by atoms with Crippen molar-refractivity contribution in [2.24, 2.45) is 5.92 Å². The van der Waals surface area contributed by atoms with Crippen molar-refractivity contribution in [3.8, 4) is 17.6 Å². The van der Waals surface area contributed by atoms with Crippen molar-refractivity contribution < 1.29 is 9.84 Å². The topological polar surface area (TPSA) is 42.4 Å². The van der Waals surface area contributed by atoms with Crippen molar-refractivity contribution in [3.63, 3.8) is 0 Å². The van der Waals surface area contributed by atoms with Crippen molar-refractivity contribution in [2.75, 3.05) is 13.2 Å². The van der Waals surface area contributed by atoms with E-state index in [1.54, 1.807) is 12.4 Å². The second kappa shape index (κ2) is 7.70. The molecule has 0 aliphatic heterocycles. The highest BCUT2D eigenvalue weighted by atomic mass is 16.5. The van der Waals surface area contributed by atoms with E-state index in [4.69, 9.17) is 9.84 Å². The molecule has 1 unspecified atom stereocenters. The van der Waals surface area contributed by atoms with E-state index in [1.807, 2.05) is 6.07 Å². The van der Waals surface area contributed by atoms with Gasteiger partial charge in [0.25, 0.3) is 0 Å². The van der Waals surface area contributed by atoms with E-state index in [1.165, 1.54) is 0 Å². The maximum atomic E-state index is 8.63. The largest absolute Gasteiger partial charge is 0.492 e. The van der Waals surface area contributed by atoms with Gasteiger partial charge in [0.2, 0.25) is 0 Å². The maximum Gasteiger partial charge on any atom is 0.138 e.